The summed E-state index contributed by atoms with van der Waals surface area (Å²) < 4.78 is 0. The molecule has 1 atom stereocenters. The molecular weight excluding hydrogens is 144 g/mol. The van der Waals surface area contributed by atoms with E-state index < -0.39 is 0 Å². The molecule has 0 bridgehead atoms. The molecule has 0 heteroatoms. The molecule has 0 aliphatic heterocycles. The number of hydrogen-bond donors (Lipinski definition) is 0. The van der Waals surface area contributed by atoms with Crippen molar-refractivity contribution < 1.29 is 0 Å². The summed E-state index contributed by atoms with van der Waals surface area (Å²) in [6.45, 7) is 13.4. The van der Waals surface area contributed by atoms with Gasteiger partial charge >= 0.3 is 0 Å². The third-order valence-corrected chi connectivity index (χ3v) is 2.60. The minimum atomic E-state index is 0.284. The van der Waals surface area contributed by atoms with Crippen LogP contribution >= 0.6 is 0 Å². The molecule has 1 aliphatic carbocycles. The molecule has 0 nitrogen and oxygen atoms in total. The molecule has 0 saturated heterocycles. The van der Waals surface area contributed by atoms with E-state index in [2.05, 4.69) is 47.6 Å². The van der Waals surface area contributed by atoms with Gasteiger partial charge in [-0.25, -0.2) is 0 Å². The van der Waals surface area contributed by atoms with Gasteiger partial charge in [0.25, 0.3) is 0 Å². The topological polar surface area (TPSA) is 0 Å². The van der Waals surface area contributed by atoms with Crippen LogP contribution < -0.4 is 0 Å². The van der Waals surface area contributed by atoms with E-state index >= 15 is 0 Å². The monoisotopic (exact) mass is 163 g/mol. The molecule has 0 aromatic rings. The van der Waals surface area contributed by atoms with E-state index in [0.717, 1.165) is 0 Å². The fourth-order valence-electron chi connectivity index (χ4n) is 2.17. The Kier molecular flexibility index (Phi) is 2.20. The summed E-state index contributed by atoms with van der Waals surface area (Å²) in [5, 5.41) is 0. The van der Waals surface area contributed by atoms with Gasteiger partial charge in [-0.2, -0.15) is 0 Å². The van der Waals surface area contributed by atoms with Crippen molar-refractivity contribution in [1.82, 2.24) is 0 Å². The van der Waals surface area contributed by atoms with Crippen LogP contribution in [0, 0.1) is 17.4 Å². The van der Waals surface area contributed by atoms with Crippen molar-refractivity contribution >= 4 is 0 Å². The SMILES string of the molecule is CC1=[C]C(C)C(C)=C1C(C)(C)C. The van der Waals surface area contributed by atoms with Crippen LogP contribution in [0.5, 0.6) is 0 Å². The van der Waals surface area contributed by atoms with Crippen LogP contribution in [0.3, 0.4) is 0 Å². The van der Waals surface area contributed by atoms with Gasteiger partial charge in [-0.15, -0.1) is 0 Å². The van der Waals surface area contributed by atoms with E-state index in [0.29, 0.717) is 5.92 Å². The molecule has 67 valence electrons. The molecule has 1 rings (SSSR count). The molecule has 0 spiro atoms. The first-order valence-corrected chi connectivity index (χ1v) is 4.65. The van der Waals surface area contributed by atoms with Gasteiger partial charge in [0.15, 0.2) is 0 Å². The van der Waals surface area contributed by atoms with Crippen LogP contribution in [-0.2, 0) is 0 Å². The van der Waals surface area contributed by atoms with Crippen molar-refractivity contribution in [2.24, 2.45) is 11.3 Å². The molecule has 0 N–H and O–H groups in total. The third kappa shape index (κ3) is 1.48. The normalized spacial score (nSPS) is 24.8. The quantitative estimate of drug-likeness (QED) is 0.510. The van der Waals surface area contributed by atoms with Gasteiger partial charge in [0, 0.05) is 5.92 Å². The molecule has 1 aliphatic rings. The molecule has 0 amide bonds. The second-order valence-electron chi connectivity index (χ2n) is 4.80. The van der Waals surface area contributed by atoms with Crippen LogP contribution in [0.4, 0.5) is 0 Å². The van der Waals surface area contributed by atoms with Gasteiger partial charge in [0.1, 0.15) is 0 Å². The van der Waals surface area contributed by atoms with Crippen LogP contribution in [-0.4, -0.2) is 0 Å². The summed E-state index contributed by atoms with van der Waals surface area (Å²) >= 11 is 0. The highest BCUT2D eigenvalue weighted by atomic mass is 14.3. The zero-order valence-electron chi connectivity index (χ0n) is 9.08. The van der Waals surface area contributed by atoms with Crippen LogP contribution in [0.25, 0.3) is 0 Å². The molecule has 0 saturated carbocycles. The Morgan fingerprint density at radius 3 is 1.83 bits per heavy atom. The van der Waals surface area contributed by atoms with E-state index in [9.17, 15) is 0 Å². The highest BCUT2D eigenvalue weighted by Crippen LogP contribution is 2.40. The van der Waals surface area contributed by atoms with Gasteiger partial charge < -0.3 is 0 Å². The highest BCUT2D eigenvalue weighted by Gasteiger charge is 2.26. The summed E-state index contributed by atoms with van der Waals surface area (Å²) in [5.41, 5.74) is 4.65. The van der Waals surface area contributed by atoms with Crippen LogP contribution in [0.1, 0.15) is 41.5 Å². The second-order valence-corrected chi connectivity index (χ2v) is 4.80. The molecule has 0 aromatic heterocycles. The number of rotatable bonds is 0. The van der Waals surface area contributed by atoms with Crippen molar-refractivity contribution in [3.05, 3.63) is 22.8 Å². The van der Waals surface area contributed by atoms with E-state index in [1.54, 1.807) is 0 Å². The Morgan fingerprint density at radius 1 is 1.17 bits per heavy atom. The lowest BCUT2D eigenvalue weighted by Gasteiger charge is -2.23. The first kappa shape index (κ1) is 9.57. The van der Waals surface area contributed by atoms with Gasteiger partial charge in [-0.3, -0.25) is 0 Å². The number of hydrogen-bond acceptors (Lipinski definition) is 0. The second kappa shape index (κ2) is 2.76. The lowest BCUT2D eigenvalue weighted by Crippen LogP contribution is -2.10. The maximum absolute atomic E-state index is 3.47. The summed E-state index contributed by atoms with van der Waals surface area (Å²) in [7, 11) is 0. The van der Waals surface area contributed by atoms with Crippen LogP contribution in [0.2, 0.25) is 0 Å². The summed E-state index contributed by atoms with van der Waals surface area (Å²) in [6.07, 6.45) is 3.47. The van der Waals surface area contributed by atoms with Crippen molar-refractivity contribution in [3.8, 4) is 0 Å². The summed E-state index contributed by atoms with van der Waals surface area (Å²) in [5.74, 6) is 0.527. The minimum absolute atomic E-state index is 0.284. The highest BCUT2D eigenvalue weighted by molar-refractivity contribution is 5.43. The molecular formula is C12H19. The summed E-state index contributed by atoms with van der Waals surface area (Å²) in [4.78, 5) is 0. The molecule has 0 heterocycles. The van der Waals surface area contributed by atoms with Gasteiger partial charge in [0.2, 0.25) is 0 Å². The first-order valence-electron chi connectivity index (χ1n) is 4.65. The van der Waals surface area contributed by atoms with E-state index in [1.165, 1.54) is 16.7 Å². The minimum Gasteiger partial charge on any atom is -0.0621 e. The van der Waals surface area contributed by atoms with Crippen molar-refractivity contribution in [3.63, 3.8) is 0 Å². The third-order valence-electron chi connectivity index (χ3n) is 2.60. The van der Waals surface area contributed by atoms with Crippen molar-refractivity contribution in [2.75, 3.05) is 0 Å². The fraction of sp³-hybridized carbons (Fsp3) is 0.667. The molecule has 0 aromatic carbocycles. The van der Waals surface area contributed by atoms with Crippen molar-refractivity contribution in [2.45, 2.75) is 41.5 Å². The molecule has 1 radical (unpaired) electrons. The molecule has 1 unspecified atom stereocenters. The van der Waals surface area contributed by atoms with Crippen molar-refractivity contribution in [1.29, 1.82) is 0 Å². The zero-order valence-corrected chi connectivity index (χ0v) is 9.08. The Balaban J connectivity index is 3.12. The Bertz CT molecular complexity index is 246. The van der Waals surface area contributed by atoms with Crippen LogP contribution in [0.15, 0.2) is 16.7 Å². The van der Waals surface area contributed by atoms with E-state index in [1.807, 2.05) is 0 Å². The Labute approximate surface area is 76.4 Å². The predicted octanol–water partition coefficient (Wildman–Crippen LogP) is 3.75. The van der Waals surface area contributed by atoms with E-state index in [-0.39, 0.29) is 5.41 Å². The lowest BCUT2D eigenvalue weighted by atomic mass is 9.81. The average Bonchev–Trinajstić information content (AvgIpc) is 2.05. The zero-order chi connectivity index (χ0) is 9.52. The predicted molar refractivity (Wildman–Crippen MR) is 53.7 cm³/mol. The smallest absolute Gasteiger partial charge is 0.00289 e. The lowest BCUT2D eigenvalue weighted by molar-refractivity contribution is 0.505. The van der Waals surface area contributed by atoms with E-state index in [4.69, 9.17) is 0 Å². The summed E-state index contributed by atoms with van der Waals surface area (Å²) in [6, 6.07) is 0. The Morgan fingerprint density at radius 2 is 1.67 bits per heavy atom. The first-order chi connectivity index (χ1) is 5.34. The maximum Gasteiger partial charge on any atom is 0.00289 e. The van der Waals surface area contributed by atoms with Gasteiger partial charge in [-0.05, 0) is 36.5 Å². The maximum atomic E-state index is 3.47. The number of allylic oxidation sites excluding steroid dienone is 4. The molecule has 12 heavy (non-hydrogen) atoms. The van der Waals surface area contributed by atoms with Gasteiger partial charge in [0.05, 0.1) is 0 Å². The van der Waals surface area contributed by atoms with Gasteiger partial charge in [-0.1, -0.05) is 33.3 Å². The molecule has 0 fully saturated rings. The Hall–Kier alpha value is -0.520. The standard InChI is InChI=1S/C12H19/c1-8-7-9(2)11(10(8)3)12(4,5)6/h8H,1-6H3. The largest absolute Gasteiger partial charge is 0.0621 e. The average molecular weight is 163 g/mol. The fourth-order valence-corrected chi connectivity index (χ4v) is 2.17.